The van der Waals surface area contributed by atoms with Crippen LogP contribution in [0.25, 0.3) is 10.9 Å². The predicted molar refractivity (Wildman–Crippen MR) is 52.2 cm³/mol. The second-order valence-electron chi connectivity index (χ2n) is 2.98. The topological polar surface area (TPSA) is 53.1 Å². The molecule has 0 saturated heterocycles. The normalized spacial score (nSPS) is 14.2. The summed E-state index contributed by atoms with van der Waals surface area (Å²) in [6, 6.07) is 1.99. The smallest absolute Gasteiger partial charge is 0.114 e. The number of nitrogens with zero attached hydrogens (tertiary/aromatic N) is 2. The van der Waals surface area contributed by atoms with Crippen molar-refractivity contribution in [1.82, 2.24) is 9.97 Å². The minimum atomic E-state index is 0.646. The Balaban J connectivity index is 2.42. The Hall–Kier alpha value is -1.84. The molecule has 2 aromatic rings. The lowest BCUT2D eigenvalue weighted by Gasteiger charge is -2.06. The predicted octanol–water partition coefficient (Wildman–Crippen LogP) is 1.36. The second kappa shape index (κ2) is 2.32. The van der Waals surface area contributed by atoms with Gasteiger partial charge in [-0.2, -0.15) is 0 Å². The Morgan fingerprint density at radius 2 is 2.38 bits per heavy atom. The third kappa shape index (κ3) is 0.853. The number of hydrogen-bond donors (Lipinski definition) is 2. The molecule has 0 unspecified atom stereocenters. The van der Waals surface area contributed by atoms with E-state index in [1.54, 1.807) is 6.20 Å². The molecule has 0 atom stereocenters. The molecule has 4 heteroatoms. The zero-order valence-electron chi connectivity index (χ0n) is 6.91. The van der Waals surface area contributed by atoms with Crippen LogP contribution in [0.5, 0.6) is 0 Å². The number of rotatable bonds is 0. The molecule has 2 aromatic heterocycles. The lowest BCUT2D eigenvalue weighted by atomic mass is 10.2. The van der Waals surface area contributed by atoms with Gasteiger partial charge in [-0.15, -0.1) is 0 Å². The van der Waals surface area contributed by atoms with E-state index in [1.165, 1.54) is 5.39 Å². The second-order valence-corrected chi connectivity index (χ2v) is 2.98. The van der Waals surface area contributed by atoms with Crippen molar-refractivity contribution in [2.45, 2.75) is 0 Å². The molecule has 0 saturated carbocycles. The Morgan fingerprint density at radius 3 is 3.38 bits per heavy atom. The molecule has 2 N–H and O–H groups in total. The fraction of sp³-hybridized carbons (Fsp3) is 0.111. The highest BCUT2D eigenvalue weighted by Crippen LogP contribution is 2.25. The van der Waals surface area contributed by atoms with Crippen molar-refractivity contribution in [1.29, 1.82) is 0 Å². The monoisotopic (exact) mass is 172 g/mol. The highest BCUT2D eigenvalue weighted by Gasteiger charge is 2.10. The van der Waals surface area contributed by atoms with Gasteiger partial charge in [-0.3, -0.25) is 9.98 Å². The summed E-state index contributed by atoms with van der Waals surface area (Å²) in [6.07, 6.45) is 5.51. The number of fused-ring (bicyclic) bond motifs is 3. The summed E-state index contributed by atoms with van der Waals surface area (Å²) in [5, 5.41) is 4.34. The van der Waals surface area contributed by atoms with Crippen molar-refractivity contribution in [2.75, 3.05) is 12.0 Å². The van der Waals surface area contributed by atoms with Crippen LogP contribution in [0.1, 0.15) is 5.56 Å². The fourth-order valence-corrected chi connectivity index (χ4v) is 1.60. The van der Waals surface area contributed by atoms with E-state index in [0.29, 0.717) is 6.67 Å². The van der Waals surface area contributed by atoms with Gasteiger partial charge in [0.25, 0.3) is 0 Å². The maximum Gasteiger partial charge on any atom is 0.114 e. The first-order valence-corrected chi connectivity index (χ1v) is 4.14. The van der Waals surface area contributed by atoms with E-state index in [4.69, 9.17) is 0 Å². The van der Waals surface area contributed by atoms with Gasteiger partial charge in [0.05, 0.1) is 11.7 Å². The van der Waals surface area contributed by atoms with E-state index < -0.39 is 0 Å². The average Bonchev–Trinajstić information content (AvgIpc) is 2.56. The summed E-state index contributed by atoms with van der Waals surface area (Å²) in [4.78, 5) is 11.5. The van der Waals surface area contributed by atoms with Crippen LogP contribution in [0.2, 0.25) is 0 Å². The molecule has 0 amide bonds. The molecular weight excluding hydrogens is 164 g/mol. The van der Waals surface area contributed by atoms with Crippen molar-refractivity contribution in [3.63, 3.8) is 0 Å². The Morgan fingerprint density at radius 1 is 1.38 bits per heavy atom. The zero-order valence-corrected chi connectivity index (χ0v) is 6.91. The number of aromatic nitrogens is 2. The third-order valence-electron chi connectivity index (χ3n) is 2.21. The first-order valence-electron chi connectivity index (χ1n) is 4.14. The number of anilines is 1. The van der Waals surface area contributed by atoms with Crippen LogP contribution >= 0.6 is 0 Å². The molecule has 1 aliphatic rings. The molecule has 1 aliphatic heterocycles. The number of pyridine rings is 1. The molecule has 0 radical (unpaired) electrons. The van der Waals surface area contributed by atoms with Gasteiger partial charge < -0.3 is 10.3 Å². The van der Waals surface area contributed by atoms with Crippen LogP contribution in [-0.2, 0) is 0 Å². The molecule has 3 heterocycles. The Bertz CT molecular complexity index is 483. The van der Waals surface area contributed by atoms with Gasteiger partial charge in [-0.05, 0) is 6.07 Å². The molecule has 13 heavy (non-hydrogen) atoms. The van der Waals surface area contributed by atoms with E-state index in [-0.39, 0.29) is 0 Å². The van der Waals surface area contributed by atoms with E-state index >= 15 is 0 Å². The summed E-state index contributed by atoms with van der Waals surface area (Å²) < 4.78 is 0. The lowest BCUT2D eigenvalue weighted by Crippen LogP contribution is -2.06. The first kappa shape index (κ1) is 6.65. The number of hydrogen-bond acceptors (Lipinski definition) is 3. The zero-order chi connectivity index (χ0) is 8.67. The Labute approximate surface area is 74.7 Å². The molecule has 4 nitrogen and oxygen atoms in total. The summed E-state index contributed by atoms with van der Waals surface area (Å²) in [7, 11) is 0. The third-order valence-corrected chi connectivity index (χ3v) is 2.21. The number of aliphatic imine (C=N–C) groups is 1. The summed E-state index contributed by atoms with van der Waals surface area (Å²) in [6.45, 7) is 0.646. The van der Waals surface area contributed by atoms with Gasteiger partial charge in [0.15, 0.2) is 0 Å². The van der Waals surface area contributed by atoms with Crippen molar-refractivity contribution in [3.05, 3.63) is 24.0 Å². The fourth-order valence-electron chi connectivity index (χ4n) is 1.60. The van der Waals surface area contributed by atoms with Gasteiger partial charge >= 0.3 is 0 Å². The maximum atomic E-state index is 4.16. The standard InChI is InChI=1S/C9H8N4/c1-2-10-4-8-6(1)7-3-11-5-12-9(7)13-8/h1-4,12-13H,5H2. The molecule has 0 bridgehead atoms. The van der Waals surface area contributed by atoms with E-state index in [2.05, 4.69) is 20.3 Å². The van der Waals surface area contributed by atoms with Crippen molar-refractivity contribution < 1.29 is 0 Å². The van der Waals surface area contributed by atoms with E-state index in [1.807, 2.05) is 18.5 Å². The SMILES string of the molecule is C1=NCNc2[nH]c3cnccc3c21. The number of aromatic amines is 1. The number of nitrogens with one attached hydrogen (secondary N) is 2. The first-order chi connectivity index (χ1) is 6.45. The quantitative estimate of drug-likeness (QED) is 0.630. The highest BCUT2D eigenvalue weighted by atomic mass is 15.1. The summed E-state index contributed by atoms with van der Waals surface area (Å²) >= 11 is 0. The molecule has 0 aliphatic carbocycles. The van der Waals surface area contributed by atoms with Gasteiger partial charge in [-0.25, -0.2) is 0 Å². The molecular formula is C9H8N4. The van der Waals surface area contributed by atoms with Crippen molar-refractivity contribution in [3.8, 4) is 0 Å². The largest absolute Gasteiger partial charge is 0.352 e. The summed E-state index contributed by atoms with van der Waals surface area (Å²) in [5.41, 5.74) is 2.18. The lowest BCUT2D eigenvalue weighted by molar-refractivity contribution is 1.11. The van der Waals surface area contributed by atoms with E-state index in [9.17, 15) is 0 Å². The van der Waals surface area contributed by atoms with E-state index in [0.717, 1.165) is 16.9 Å². The van der Waals surface area contributed by atoms with Crippen LogP contribution < -0.4 is 5.32 Å². The molecule has 0 spiro atoms. The minimum absolute atomic E-state index is 0.646. The van der Waals surface area contributed by atoms with Crippen LogP contribution in [0.3, 0.4) is 0 Å². The van der Waals surface area contributed by atoms with Crippen LogP contribution in [0.4, 0.5) is 5.82 Å². The molecule has 3 rings (SSSR count). The molecule has 0 aromatic carbocycles. The Kier molecular flexibility index (Phi) is 1.19. The maximum absolute atomic E-state index is 4.16. The van der Waals surface area contributed by atoms with Crippen LogP contribution in [0.15, 0.2) is 23.5 Å². The molecule has 0 fully saturated rings. The minimum Gasteiger partial charge on any atom is -0.352 e. The summed E-state index contributed by atoms with van der Waals surface area (Å²) in [5.74, 6) is 1.04. The van der Waals surface area contributed by atoms with Gasteiger partial charge in [0, 0.05) is 23.4 Å². The van der Waals surface area contributed by atoms with Gasteiger partial charge in [0.1, 0.15) is 12.5 Å². The number of H-pyrrole nitrogens is 1. The van der Waals surface area contributed by atoms with Gasteiger partial charge in [-0.1, -0.05) is 0 Å². The van der Waals surface area contributed by atoms with Crippen molar-refractivity contribution in [2.24, 2.45) is 4.99 Å². The highest BCUT2D eigenvalue weighted by molar-refractivity contribution is 6.05. The van der Waals surface area contributed by atoms with Gasteiger partial charge in [0.2, 0.25) is 0 Å². The van der Waals surface area contributed by atoms with Crippen molar-refractivity contribution >= 4 is 22.9 Å². The van der Waals surface area contributed by atoms with Crippen LogP contribution in [-0.4, -0.2) is 22.9 Å². The average molecular weight is 172 g/mol. The van der Waals surface area contributed by atoms with Crippen LogP contribution in [0, 0.1) is 0 Å². The molecule has 64 valence electrons.